The SMILES string of the molecule is Cc1ccc(F)c(C(=O)Nc2ccc(-c3nc4ccc(F)cc4[nH]3)cc2)c1. The first-order chi connectivity index (χ1) is 13.0. The molecule has 0 aliphatic rings. The Morgan fingerprint density at radius 1 is 1.00 bits per heavy atom. The van der Waals surface area contributed by atoms with Crippen LogP contribution < -0.4 is 5.32 Å². The van der Waals surface area contributed by atoms with Crippen molar-refractivity contribution in [2.75, 3.05) is 5.32 Å². The van der Waals surface area contributed by atoms with E-state index in [4.69, 9.17) is 0 Å². The van der Waals surface area contributed by atoms with Gasteiger partial charge in [-0.25, -0.2) is 13.8 Å². The Morgan fingerprint density at radius 2 is 1.78 bits per heavy atom. The van der Waals surface area contributed by atoms with Gasteiger partial charge >= 0.3 is 0 Å². The zero-order valence-corrected chi connectivity index (χ0v) is 14.4. The van der Waals surface area contributed by atoms with Crippen LogP contribution in [0.25, 0.3) is 22.4 Å². The van der Waals surface area contributed by atoms with E-state index < -0.39 is 11.7 Å². The van der Waals surface area contributed by atoms with Crippen molar-refractivity contribution >= 4 is 22.6 Å². The number of carbonyl (C=O) groups is 1. The highest BCUT2D eigenvalue weighted by Crippen LogP contribution is 2.23. The minimum absolute atomic E-state index is 0.00149. The topological polar surface area (TPSA) is 57.8 Å². The quantitative estimate of drug-likeness (QED) is 0.534. The fourth-order valence-electron chi connectivity index (χ4n) is 2.84. The summed E-state index contributed by atoms with van der Waals surface area (Å²) in [5.74, 6) is -0.815. The molecule has 1 heterocycles. The predicted molar refractivity (Wildman–Crippen MR) is 101 cm³/mol. The minimum atomic E-state index is -0.566. The van der Waals surface area contributed by atoms with E-state index in [2.05, 4.69) is 15.3 Å². The van der Waals surface area contributed by atoms with Gasteiger partial charge in [-0.1, -0.05) is 11.6 Å². The third-order valence-corrected chi connectivity index (χ3v) is 4.23. The van der Waals surface area contributed by atoms with E-state index in [0.29, 0.717) is 22.5 Å². The van der Waals surface area contributed by atoms with E-state index in [-0.39, 0.29) is 11.4 Å². The zero-order valence-electron chi connectivity index (χ0n) is 14.4. The Morgan fingerprint density at radius 3 is 2.56 bits per heavy atom. The first-order valence-corrected chi connectivity index (χ1v) is 8.33. The standard InChI is InChI=1S/C21H15F2N3O/c1-12-2-8-17(23)16(10-12)21(27)24-15-6-3-13(4-7-15)20-25-18-9-5-14(22)11-19(18)26-20/h2-11H,1H3,(H,24,27)(H,25,26). The average Bonchev–Trinajstić information content (AvgIpc) is 3.07. The summed E-state index contributed by atoms with van der Waals surface area (Å²) in [5, 5.41) is 2.68. The summed E-state index contributed by atoms with van der Waals surface area (Å²) in [7, 11) is 0. The van der Waals surface area contributed by atoms with Crippen LogP contribution in [-0.4, -0.2) is 15.9 Å². The summed E-state index contributed by atoms with van der Waals surface area (Å²) < 4.78 is 27.1. The first-order valence-electron chi connectivity index (χ1n) is 8.33. The highest BCUT2D eigenvalue weighted by atomic mass is 19.1. The normalized spacial score (nSPS) is 10.9. The van der Waals surface area contributed by atoms with Gasteiger partial charge in [-0.15, -0.1) is 0 Å². The van der Waals surface area contributed by atoms with Crippen LogP contribution in [0.15, 0.2) is 60.7 Å². The summed E-state index contributed by atoms with van der Waals surface area (Å²) >= 11 is 0. The Labute approximate surface area is 153 Å². The molecule has 0 unspecified atom stereocenters. The maximum absolute atomic E-state index is 13.8. The average molecular weight is 363 g/mol. The van der Waals surface area contributed by atoms with Crippen LogP contribution in [-0.2, 0) is 0 Å². The molecule has 0 atom stereocenters. The Bertz CT molecular complexity index is 1150. The molecule has 27 heavy (non-hydrogen) atoms. The number of rotatable bonds is 3. The number of aromatic nitrogens is 2. The van der Waals surface area contributed by atoms with Crippen molar-refractivity contribution in [3.05, 3.63) is 83.4 Å². The highest BCUT2D eigenvalue weighted by Gasteiger charge is 2.12. The van der Waals surface area contributed by atoms with E-state index in [1.54, 1.807) is 43.3 Å². The smallest absolute Gasteiger partial charge is 0.258 e. The van der Waals surface area contributed by atoms with Gasteiger partial charge in [0.05, 0.1) is 16.6 Å². The molecule has 3 aromatic carbocycles. The number of fused-ring (bicyclic) bond motifs is 1. The van der Waals surface area contributed by atoms with Crippen LogP contribution in [0.2, 0.25) is 0 Å². The number of nitrogens with one attached hydrogen (secondary N) is 2. The van der Waals surface area contributed by atoms with Gasteiger partial charge in [0.15, 0.2) is 0 Å². The molecule has 0 aliphatic carbocycles. The van der Waals surface area contributed by atoms with Crippen LogP contribution in [0.4, 0.5) is 14.5 Å². The van der Waals surface area contributed by atoms with Crippen LogP contribution in [0.5, 0.6) is 0 Å². The summed E-state index contributed by atoms with van der Waals surface area (Å²) in [6.07, 6.45) is 0. The second-order valence-corrected chi connectivity index (χ2v) is 6.26. The van der Waals surface area contributed by atoms with Crippen molar-refractivity contribution in [3.63, 3.8) is 0 Å². The predicted octanol–water partition coefficient (Wildman–Crippen LogP) is 5.07. The molecule has 1 amide bonds. The zero-order chi connectivity index (χ0) is 19.0. The molecular formula is C21H15F2N3O. The van der Waals surface area contributed by atoms with E-state index in [9.17, 15) is 13.6 Å². The van der Waals surface area contributed by atoms with Gasteiger partial charge in [0.2, 0.25) is 0 Å². The molecule has 2 N–H and O–H groups in total. The van der Waals surface area contributed by atoms with Gasteiger partial charge in [0.1, 0.15) is 17.5 Å². The van der Waals surface area contributed by atoms with Crippen LogP contribution in [0.1, 0.15) is 15.9 Å². The monoisotopic (exact) mass is 363 g/mol. The number of H-pyrrole nitrogens is 1. The van der Waals surface area contributed by atoms with E-state index in [1.807, 2.05) is 0 Å². The molecule has 0 radical (unpaired) electrons. The van der Waals surface area contributed by atoms with Crippen molar-refractivity contribution < 1.29 is 13.6 Å². The molecule has 4 aromatic rings. The molecule has 0 bridgehead atoms. The fourth-order valence-corrected chi connectivity index (χ4v) is 2.84. The van der Waals surface area contributed by atoms with Gasteiger partial charge in [0.25, 0.3) is 5.91 Å². The maximum Gasteiger partial charge on any atom is 0.258 e. The van der Waals surface area contributed by atoms with E-state index >= 15 is 0 Å². The van der Waals surface area contributed by atoms with E-state index in [1.165, 1.54) is 24.3 Å². The van der Waals surface area contributed by atoms with Crippen LogP contribution in [0.3, 0.4) is 0 Å². The number of hydrogen-bond donors (Lipinski definition) is 2. The molecule has 4 nitrogen and oxygen atoms in total. The Hall–Kier alpha value is -3.54. The number of aromatic amines is 1. The number of imidazole rings is 1. The van der Waals surface area contributed by atoms with Crippen LogP contribution >= 0.6 is 0 Å². The van der Waals surface area contributed by atoms with Crippen molar-refractivity contribution in [1.82, 2.24) is 9.97 Å². The summed E-state index contributed by atoms with van der Waals surface area (Å²) in [6.45, 7) is 1.80. The van der Waals surface area contributed by atoms with Gasteiger partial charge in [-0.3, -0.25) is 4.79 Å². The molecule has 1 aromatic heterocycles. The Balaban J connectivity index is 1.56. The molecule has 0 saturated carbocycles. The van der Waals surface area contributed by atoms with E-state index in [0.717, 1.165) is 11.1 Å². The third kappa shape index (κ3) is 3.42. The van der Waals surface area contributed by atoms with Crippen molar-refractivity contribution in [2.45, 2.75) is 6.92 Å². The molecule has 0 spiro atoms. The molecule has 0 aliphatic heterocycles. The number of benzene rings is 3. The summed E-state index contributed by atoms with van der Waals surface area (Å²) in [6, 6.07) is 15.7. The number of carbonyl (C=O) groups excluding carboxylic acids is 1. The number of amides is 1. The lowest BCUT2D eigenvalue weighted by atomic mass is 10.1. The van der Waals surface area contributed by atoms with Gasteiger partial charge in [-0.05, 0) is 61.5 Å². The van der Waals surface area contributed by atoms with Crippen molar-refractivity contribution in [3.8, 4) is 11.4 Å². The lowest BCUT2D eigenvalue weighted by Gasteiger charge is -2.07. The largest absolute Gasteiger partial charge is 0.338 e. The van der Waals surface area contributed by atoms with Crippen molar-refractivity contribution in [2.24, 2.45) is 0 Å². The lowest BCUT2D eigenvalue weighted by Crippen LogP contribution is -2.13. The maximum atomic E-state index is 13.8. The highest BCUT2D eigenvalue weighted by molar-refractivity contribution is 6.04. The summed E-state index contributed by atoms with van der Waals surface area (Å²) in [4.78, 5) is 19.8. The number of nitrogens with zero attached hydrogens (tertiary/aromatic N) is 1. The molecule has 6 heteroatoms. The second kappa shape index (κ2) is 6.64. The molecule has 0 fully saturated rings. The minimum Gasteiger partial charge on any atom is -0.338 e. The fraction of sp³-hybridized carbons (Fsp3) is 0.0476. The third-order valence-electron chi connectivity index (χ3n) is 4.23. The number of hydrogen-bond acceptors (Lipinski definition) is 2. The van der Waals surface area contributed by atoms with Gasteiger partial charge in [-0.2, -0.15) is 0 Å². The van der Waals surface area contributed by atoms with Gasteiger partial charge in [0, 0.05) is 11.3 Å². The molecule has 4 rings (SSSR count). The second-order valence-electron chi connectivity index (χ2n) is 6.26. The first kappa shape index (κ1) is 16.9. The molecule has 0 saturated heterocycles. The van der Waals surface area contributed by atoms with Gasteiger partial charge < -0.3 is 10.3 Å². The summed E-state index contributed by atoms with van der Waals surface area (Å²) in [5.41, 5.74) is 3.39. The molecule has 134 valence electrons. The van der Waals surface area contributed by atoms with Crippen LogP contribution in [0, 0.1) is 18.6 Å². The number of aryl methyl sites for hydroxylation is 1. The molecular weight excluding hydrogens is 348 g/mol. The lowest BCUT2D eigenvalue weighted by molar-refractivity contribution is 0.102. The number of halogens is 2. The number of anilines is 1. The van der Waals surface area contributed by atoms with Crippen molar-refractivity contribution in [1.29, 1.82) is 0 Å². The Kier molecular flexibility index (Phi) is 4.16.